The summed E-state index contributed by atoms with van der Waals surface area (Å²) in [6.07, 6.45) is 0. The minimum Gasteiger partial charge on any atom is -0.359 e. The summed E-state index contributed by atoms with van der Waals surface area (Å²) in [5.74, 6) is 0.871. The summed E-state index contributed by atoms with van der Waals surface area (Å²) in [6, 6.07) is 16.5. The predicted octanol–water partition coefficient (Wildman–Crippen LogP) is 4.42. The van der Waals surface area contributed by atoms with Gasteiger partial charge in [-0.05, 0) is 17.2 Å². The molecule has 0 atom stereocenters. The fourth-order valence-corrected chi connectivity index (χ4v) is 2.89. The second kappa shape index (κ2) is 7.61. The Labute approximate surface area is 158 Å². The Bertz CT molecular complexity index is 945. The van der Waals surface area contributed by atoms with E-state index >= 15 is 0 Å². The number of aromatic nitrogens is 1. The number of guanidine groups is 1. The van der Waals surface area contributed by atoms with Gasteiger partial charge in [0.2, 0.25) is 5.88 Å². The lowest BCUT2D eigenvalue weighted by Gasteiger charge is -2.22. The van der Waals surface area contributed by atoms with Gasteiger partial charge in [0.25, 0.3) is 0 Å². The smallest absolute Gasteiger partial charge is 0.231 e. The van der Waals surface area contributed by atoms with Crippen molar-refractivity contribution < 1.29 is 8.91 Å². The highest BCUT2D eigenvalue weighted by Crippen LogP contribution is 2.33. The molecule has 1 aromatic heterocycles. The Hall–Kier alpha value is -3.15. The van der Waals surface area contributed by atoms with Crippen molar-refractivity contribution in [1.82, 2.24) is 10.5 Å². The summed E-state index contributed by atoms with van der Waals surface area (Å²) >= 11 is 0. The monoisotopic (exact) mass is 366 g/mol. The number of rotatable bonds is 4. The van der Waals surface area contributed by atoms with Crippen LogP contribution in [-0.2, 0) is 5.41 Å². The van der Waals surface area contributed by atoms with Crippen molar-refractivity contribution in [2.45, 2.75) is 19.3 Å². The highest BCUT2D eigenvalue weighted by atomic mass is 19.1. The van der Waals surface area contributed by atoms with Crippen molar-refractivity contribution in [2.75, 3.05) is 19.4 Å². The maximum Gasteiger partial charge on any atom is 0.231 e. The van der Waals surface area contributed by atoms with Crippen LogP contribution in [0.1, 0.15) is 25.1 Å². The van der Waals surface area contributed by atoms with E-state index in [1.807, 2.05) is 36.4 Å². The van der Waals surface area contributed by atoms with Gasteiger partial charge < -0.3 is 9.84 Å². The second-order valence-corrected chi connectivity index (χ2v) is 6.71. The Balaban J connectivity index is 1.85. The Morgan fingerprint density at radius 2 is 1.81 bits per heavy atom. The zero-order chi connectivity index (χ0) is 19.4. The van der Waals surface area contributed by atoms with Gasteiger partial charge in [-0.3, -0.25) is 10.3 Å². The van der Waals surface area contributed by atoms with E-state index in [0.29, 0.717) is 17.4 Å². The van der Waals surface area contributed by atoms with E-state index in [2.05, 4.69) is 34.6 Å². The van der Waals surface area contributed by atoms with Crippen molar-refractivity contribution in [3.05, 3.63) is 71.7 Å². The van der Waals surface area contributed by atoms with Crippen LogP contribution in [0.15, 0.2) is 64.1 Å². The third kappa shape index (κ3) is 3.84. The largest absolute Gasteiger partial charge is 0.359 e. The van der Waals surface area contributed by atoms with Gasteiger partial charge in [0.1, 0.15) is 5.82 Å². The zero-order valence-corrected chi connectivity index (χ0v) is 15.9. The Kier molecular flexibility index (Phi) is 5.26. The van der Waals surface area contributed by atoms with Gasteiger partial charge in [-0.2, -0.15) is 0 Å². The van der Waals surface area contributed by atoms with E-state index in [9.17, 15) is 4.39 Å². The molecular weight excluding hydrogens is 343 g/mol. The molecule has 0 aliphatic heterocycles. The number of hydrogen-bond acceptors (Lipinski definition) is 3. The number of halogens is 1. The van der Waals surface area contributed by atoms with E-state index in [0.717, 1.165) is 16.8 Å². The van der Waals surface area contributed by atoms with Crippen LogP contribution in [0.3, 0.4) is 0 Å². The summed E-state index contributed by atoms with van der Waals surface area (Å²) in [4.78, 5) is 4.05. The SMILES string of the molecule is CN=C(NC)Nc1cc(C(C)(C)c2ccc(-c3ccccc3F)cc2)no1. The Morgan fingerprint density at radius 1 is 1.11 bits per heavy atom. The lowest BCUT2D eigenvalue weighted by molar-refractivity contribution is 0.411. The van der Waals surface area contributed by atoms with E-state index in [4.69, 9.17) is 4.52 Å². The molecule has 27 heavy (non-hydrogen) atoms. The van der Waals surface area contributed by atoms with Crippen molar-refractivity contribution in [2.24, 2.45) is 4.99 Å². The molecule has 0 bridgehead atoms. The summed E-state index contributed by atoms with van der Waals surface area (Å²) < 4.78 is 19.4. The summed E-state index contributed by atoms with van der Waals surface area (Å²) in [5.41, 5.74) is 2.90. The summed E-state index contributed by atoms with van der Waals surface area (Å²) in [6.45, 7) is 4.14. The third-order valence-electron chi connectivity index (χ3n) is 4.64. The molecular formula is C21H23FN4O. The Morgan fingerprint density at radius 3 is 2.44 bits per heavy atom. The van der Waals surface area contributed by atoms with Crippen LogP contribution in [0.4, 0.5) is 10.3 Å². The third-order valence-corrected chi connectivity index (χ3v) is 4.64. The quantitative estimate of drug-likeness (QED) is 0.530. The molecule has 1 heterocycles. The van der Waals surface area contributed by atoms with Crippen LogP contribution >= 0.6 is 0 Å². The van der Waals surface area contributed by atoms with E-state index in [1.54, 1.807) is 26.2 Å². The molecule has 0 radical (unpaired) electrons. The zero-order valence-electron chi connectivity index (χ0n) is 15.9. The van der Waals surface area contributed by atoms with Crippen molar-refractivity contribution in [1.29, 1.82) is 0 Å². The molecule has 2 aromatic carbocycles. The van der Waals surface area contributed by atoms with Gasteiger partial charge in [-0.15, -0.1) is 0 Å². The van der Waals surface area contributed by atoms with Crippen LogP contribution < -0.4 is 10.6 Å². The van der Waals surface area contributed by atoms with Crippen LogP contribution in [-0.4, -0.2) is 25.2 Å². The molecule has 0 spiro atoms. The molecule has 3 rings (SSSR count). The van der Waals surface area contributed by atoms with E-state index < -0.39 is 0 Å². The number of benzene rings is 2. The van der Waals surface area contributed by atoms with E-state index in [-0.39, 0.29) is 11.2 Å². The van der Waals surface area contributed by atoms with Gasteiger partial charge in [-0.25, -0.2) is 4.39 Å². The average molecular weight is 366 g/mol. The van der Waals surface area contributed by atoms with Crippen LogP contribution in [0.25, 0.3) is 11.1 Å². The fraction of sp³-hybridized carbons (Fsp3) is 0.238. The molecule has 2 N–H and O–H groups in total. The van der Waals surface area contributed by atoms with Gasteiger partial charge in [0, 0.05) is 31.1 Å². The second-order valence-electron chi connectivity index (χ2n) is 6.71. The van der Waals surface area contributed by atoms with Crippen LogP contribution in [0.5, 0.6) is 0 Å². The molecule has 0 amide bonds. The summed E-state index contributed by atoms with van der Waals surface area (Å²) in [5, 5.41) is 10.2. The molecule has 0 saturated carbocycles. The molecule has 3 aromatic rings. The van der Waals surface area contributed by atoms with Crippen molar-refractivity contribution in [3.63, 3.8) is 0 Å². The number of aliphatic imine (C=N–C) groups is 1. The molecule has 0 aliphatic carbocycles. The fourth-order valence-electron chi connectivity index (χ4n) is 2.89. The number of nitrogens with zero attached hydrogens (tertiary/aromatic N) is 2. The first-order chi connectivity index (χ1) is 13.0. The molecule has 0 unspecified atom stereocenters. The lowest BCUT2D eigenvalue weighted by Crippen LogP contribution is -2.26. The normalized spacial score (nSPS) is 12.1. The minimum absolute atomic E-state index is 0.227. The van der Waals surface area contributed by atoms with Gasteiger partial charge in [0.05, 0.1) is 5.69 Å². The minimum atomic E-state index is -0.375. The molecule has 140 valence electrons. The maximum absolute atomic E-state index is 14.0. The number of hydrogen-bond donors (Lipinski definition) is 2. The average Bonchev–Trinajstić information content (AvgIpc) is 3.16. The first kappa shape index (κ1) is 18.6. The van der Waals surface area contributed by atoms with Gasteiger partial charge in [-0.1, -0.05) is 61.5 Å². The topological polar surface area (TPSA) is 62.5 Å². The first-order valence-electron chi connectivity index (χ1n) is 8.70. The van der Waals surface area contributed by atoms with Crippen LogP contribution in [0.2, 0.25) is 0 Å². The molecule has 5 nitrogen and oxygen atoms in total. The van der Waals surface area contributed by atoms with E-state index in [1.165, 1.54) is 6.07 Å². The highest BCUT2D eigenvalue weighted by Gasteiger charge is 2.27. The van der Waals surface area contributed by atoms with Crippen molar-refractivity contribution >= 4 is 11.8 Å². The lowest BCUT2D eigenvalue weighted by atomic mass is 9.81. The summed E-state index contributed by atoms with van der Waals surface area (Å²) in [7, 11) is 3.45. The number of anilines is 1. The van der Waals surface area contributed by atoms with Crippen molar-refractivity contribution in [3.8, 4) is 11.1 Å². The molecule has 6 heteroatoms. The molecule has 0 fully saturated rings. The molecule has 0 aliphatic rings. The van der Waals surface area contributed by atoms with Gasteiger partial charge in [0.15, 0.2) is 5.96 Å². The predicted molar refractivity (Wildman–Crippen MR) is 107 cm³/mol. The highest BCUT2D eigenvalue weighted by molar-refractivity contribution is 5.92. The number of nitrogens with one attached hydrogen (secondary N) is 2. The standard InChI is InChI=1S/C21H23FN4O/c1-21(2,18-13-19(27-26-18)25-20(23-3)24-4)15-11-9-14(10-12-15)16-7-5-6-8-17(16)22/h5-13H,1-4H3,(H2,23,24,25). The maximum atomic E-state index is 14.0. The van der Waals surface area contributed by atoms with Gasteiger partial charge >= 0.3 is 0 Å². The molecule has 0 saturated heterocycles. The first-order valence-corrected chi connectivity index (χ1v) is 8.70. The van der Waals surface area contributed by atoms with Crippen LogP contribution in [0, 0.1) is 5.82 Å².